The van der Waals surface area contributed by atoms with Gasteiger partial charge in [0.25, 0.3) is 0 Å². The first-order valence-electron chi connectivity index (χ1n) is 14.5. The molecule has 2 fully saturated rings. The number of nitrogens with one attached hydrogen (secondary N) is 1. The van der Waals surface area contributed by atoms with E-state index in [1.807, 2.05) is 46.0 Å². The molecule has 3 heterocycles. The lowest BCUT2D eigenvalue weighted by Gasteiger charge is -2.47. The summed E-state index contributed by atoms with van der Waals surface area (Å²) in [6.45, 7) is 11.2. The Labute approximate surface area is 248 Å². The normalized spacial score (nSPS) is 19.2. The van der Waals surface area contributed by atoms with E-state index in [0.717, 1.165) is 56.7 Å². The summed E-state index contributed by atoms with van der Waals surface area (Å²) in [5.74, 6) is 0.332. The van der Waals surface area contributed by atoms with Gasteiger partial charge in [0.15, 0.2) is 0 Å². The average molecular weight is 589 g/mol. The van der Waals surface area contributed by atoms with Crippen LogP contribution < -0.4 is 11.1 Å². The van der Waals surface area contributed by atoms with E-state index in [4.69, 9.17) is 17.3 Å². The summed E-state index contributed by atoms with van der Waals surface area (Å²) < 4.78 is 0. The number of piperidine rings is 1. The van der Waals surface area contributed by atoms with Gasteiger partial charge in [0.05, 0.1) is 0 Å². The molecule has 0 radical (unpaired) electrons. The molecule has 0 bridgehead atoms. The Morgan fingerprint density at radius 3 is 2.35 bits per heavy atom. The average Bonchev–Trinajstić information content (AvgIpc) is 3.48. The maximum atomic E-state index is 13.8. The molecule has 2 aliphatic heterocycles. The van der Waals surface area contributed by atoms with Crippen LogP contribution in [0.1, 0.15) is 50.3 Å². The van der Waals surface area contributed by atoms with Crippen molar-refractivity contribution >= 4 is 34.8 Å². The number of halogens is 1. The monoisotopic (exact) mass is 588 g/mol. The number of nitrogens with zero attached hydrogens (tertiary/aromatic N) is 4. The Kier molecular flexibility index (Phi) is 11.4. The Balaban J connectivity index is 1.40. The standard InChI is InChI=1S/C30H45ClN6O2S/c1-22(2)20-37(36-15-13-34(3)14-16-36)26-8-11-35(12-9-26)30(39)28(18-23-4-6-25(31)7-5-23)33-29(38)19-27(32)24-10-17-40-21-24/h4-7,10,17,21-22,26-28H,8-9,11-16,18-20,32H2,1-3H3,(H,33,38)/t27-,28-/m1/s1. The smallest absolute Gasteiger partial charge is 0.245 e. The first-order valence-corrected chi connectivity index (χ1v) is 15.8. The molecule has 0 spiro atoms. The van der Waals surface area contributed by atoms with Gasteiger partial charge >= 0.3 is 0 Å². The van der Waals surface area contributed by atoms with E-state index in [1.54, 1.807) is 11.3 Å². The van der Waals surface area contributed by atoms with E-state index in [9.17, 15) is 9.59 Å². The van der Waals surface area contributed by atoms with Gasteiger partial charge in [-0.1, -0.05) is 37.6 Å². The number of hydrogen-bond donors (Lipinski definition) is 2. The van der Waals surface area contributed by atoms with Gasteiger partial charge in [0.1, 0.15) is 6.04 Å². The summed E-state index contributed by atoms with van der Waals surface area (Å²) >= 11 is 7.65. The topological polar surface area (TPSA) is 85.1 Å². The number of likely N-dealkylation sites (tertiary alicyclic amines) is 1. The highest BCUT2D eigenvalue weighted by atomic mass is 35.5. The molecule has 8 nitrogen and oxygen atoms in total. The first kappa shape index (κ1) is 30.9. The quantitative estimate of drug-likeness (QED) is 0.417. The third-order valence-corrected chi connectivity index (χ3v) is 8.91. The van der Waals surface area contributed by atoms with Crippen LogP contribution in [0, 0.1) is 5.92 Å². The van der Waals surface area contributed by atoms with Crippen molar-refractivity contribution in [3.05, 3.63) is 57.2 Å². The van der Waals surface area contributed by atoms with Gasteiger partial charge in [-0.15, -0.1) is 0 Å². The number of hydrogen-bond acceptors (Lipinski definition) is 7. The third kappa shape index (κ3) is 8.74. The van der Waals surface area contributed by atoms with Gasteiger partial charge in [0.2, 0.25) is 11.8 Å². The highest BCUT2D eigenvalue weighted by Crippen LogP contribution is 2.23. The number of hydrazine groups is 1. The number of benzene rings is 1. The number of carbonyl (C=O) groups is 2. The summed E-state index contributed by atoms with van der Waals surface area (Å²) in [7, 11) is 2.18. The summed E-state index contributed by atoms with van der Waals surface area (Å²) in [6.07, 6.45) is 2.40. The summed E-state index contributed by atoms with van der Waals surface area (Å²) in [5, 5.41) is 12.7. The van der Waals surface area contributed by atoms with Gasteiger partial charge in [-0.25, -0.2) is 10.0 Å². The molecule has 2 atom stereocenters. The number of amides is 2. The molecule has 2 amide bonds. The van der Waals surface area contributed by atoms with Crippen LogP contribution in [0.25, 0.3) is 0 Å². The SMILES string of the molecule is CC(C)CN(C1CCN(C(=O)[C@@H](Cc2ccc(Cl)cc2)NC(=O)C[C@@H](N)c2ccsc2)CC1)N1CCN(C)CC1. The van der Waals surface area contributed by atoms with E-state index < -0.39 is 12.1 Å². The van der Waals surface area contributed by atoms with E-state index in [-0.39, 0.29) is 18.2 Å². The number of rotatable bonds is 11. The van der Waals surface area contributed by atoms with Crippen molar-refractivity contribution in [2.24, 2.45) is 11.7 Å². The molecule has 1 aromatic carbocycles. The van der Waals surface area contributed by atoms with Crippen molar-refractivity contribution in [2.45, 2.75) is 57.7 Å². The minimum atomic E-state index is -0.649. The predicted octanol–water partition coefficient (Wildman–Crippen LogP) is 3.63. The van der Waals surface area contributed by atoms with Crippen LogP contribution in [-0.4, -0.2) is 96.6 Å². The van der Waals surface area contributed by atoms with Gasteiger partial charge in [-0.2, -0.15) is 11.3 Å². The Bertz CT molecular complexity index is 1070. The first-order chi connectivity index (χ1) is 19.2. The van der Waals surface area contributed by atoms with Gasteiger partial charge in [-0.3, -0.25) is 9.59 Å². The van der Waals surface area contributed by atoms with Crippen LogP contribution in [0.15, 0.2) is 41.1 Å². The molecule has 2 aromatic rings. The van der Waals surface area contributed by atoms with Crippen LogP contribution >= 0.6 is 22.9 Å². The Hall–Kier alpha value is -2.01. The van der Waals surface area contributed by atoms with Gasteiger partial charge < -0.3 is 20.9 Å². The Morgan fingerprint density at radius 1 is 1.07 bits per heavy atom. The second kappa shape index (κ2) is 14.8. The van der Waals surface area contributed by atoms with Crippen molar-refractivity contribution in [2.75, 3.05) is 52.9 Å². The second-order valence-electron chi connectivity index (χ2n) is 11.6. The summed E-state index contributed by atoms with van der Waals surface area (Å²) in [6, 6.07) is 8.78. The zero-order chi connectivity index (χ0) is 28.6. The van der Waals surface area contributed by atoms with Crippen molar-refractivity contribution < 1.29 is 9.59 Å². The van der Waals surface area contributed by atoms with Crippen LogP contribution in [-0.2, 0) is 16.0 Å². The number of nitrogens with two attached hydrogens (primary N) is 1. The fourth-order valence-electron chi connectivity index (χ4n) is 5.64. The minimum Gasteiger partial charge on any atom is -0.344 e. The van der Waals surface area contributed by atoms with E-state index in [1.165, 1.54) is 0 Å². The number of likely N-dealkylation sites (N-methyl/N-ethyl adjacent to an activating group) is 1. The molecular formula is C30H45ClN6O2S. The molecule has 0 aliphatic carbocycles. The van der Waals surface area contributed by atoms with Crippen molar-refractivity contribution in [3.63, 3.8) is 0 Å². The van der Waals surface area contributed by atoms with Gasteiger partial charge in [0, 0.05) is 75.8 Å². The fourth-order valence-corrected chi connectivity index (χ4v) is 6.49. The molecule has 2 saturated heterocycles. The summed E-state index contributed by atoms with van der Waals surface area (Å²) in [5.41, 5.74) is 8.17. The highest BCUT2D eigenvalue weighted by Gasteiger charge is 2.34. The van der Waals surface area contributed by atoms with Crippen LogP contribution in [0.2, 0.25) is 5.02 Å². The van der Waals surface area contributed by atoms with Crippen LogP contribution in [0.4, 0.5) is 0 Å². The number of thiophene rings is 1. The minimum absolute atomic E-state index is 0.0270. The third-order valence-electron chi connectivity index (χ3n) is 7.96. The molecule has 4 rings (SSSR count). The number of carbonyl (C=O) groups excluding carboxylic acids is 2. The lowest BCUT2D eigenvalue weighted by atomic mass is 9.99. The maximum absolute atomic E-state index is 13.8. The molecule has 10 heteroatoms. The fraction of sp³-hybridized carbons (Fsp3) is 0.600. The number of piperazine rings is 1. The van der Waals surface area contributed by atoms with Crippen LogP contribution in [0.5, 0.6) is 0 Å². The largest absolute Gasteiger partial charge is 0.344 e. The van der Waals surface area contributed by atoms with Gasteiger partial charge in [-0.05, 0) is 65.9 Å². The van der Waals surface area contributed by atoms with Crippen molar-refractivity contribution in [1.29, 1.82) is 0 Å². The predicted molar refractivity (Wildman–Crippen MR) is 163 cm³/mol. The molecule has 3 N–H and O–H groups in total. The zero-order valence-electron chi connectivity index (χ0n) is 24.1. The lowest BCUT2D eigenvalue weighted by molar-refractivity contribution is -0.140. The molecule has 40 heavy (non-hydrogen) atoms. The van der Waals surface area contributed by atoms with Crippen LogP contribution in [0.3, 0.4) is 0 Å². The Morgan fingerprint density at radius 2 is 1.75 bits per heavy atom. The van der Waals surface area contributed by atoms with E-state index >= 15 is 0 Å². The highest BCUT2D eigenvalue weighted by molar-refractivity contribution is 7.08. The molecule has 2 aliphatic rings. The summed E-state index contributed by atoms with van der Waals surface area (Å²) in [4.78, 5) is 31.2. The second-order valence-corrected chi connectivity index (χ2v) is 12.9. The maximum Gasteiger partial charge on any atom is 0.245 e. The van der Waals surface area contributed by atoms with Crippen molar-refractivity contribution in [3.8, 4) is 0 Å². The molecule has 0 saturated carbocycles. The van der Waals surface area contributed by atoms with Crippen molar-refractivity contribution in [1.82, 2.24) is 25.1 Å². The molecule has 220 valence electrons. The van der Waals surface area contributed by atoms with E-state index in [2.05, 4.69) is 41.1 Å². The van der Waals surface area contributed by atoms with E-state index in [0.29, 0.717) is 36.5 Å². The molecule has 1 aromatic heterocycles. The zero-order valence-corrected chi connectivity index (χ0v) is 25.7. The molecular weight excluding hydrogens is 544 g/mol. The lowest BCUT2D eigenvalue weighted by Crippen LogP contribution is -2.60. The molecule has 0 unspecified atom stereocenters.